The number of aromatic nitrogens is 1. The quantitative estimate of drug-likeness (QED) is 0.519. The van der Waals surface area contributed by atoms with Gasteiger partial charge in [0.1, 0.15) is 4.90 Å². The summed E-state index contributed by atoms with van der Waals surface area (Å²) in [5, 5.41) is 9.77. The SMILES string of the molecule is Cc1cnc2c(S(=O)(=O)N3CCN(CC(=O)N(CCC#N)c4ccccc4)CC3)cccc2c1. The highest BCUT2D eigenvalue weighted by molar-refractivity contribution is 7.89. The summed E-state index contributed by atoms with van der Waals surface area (Å²) < 4.78 is 28.2. The van der Waals surface area contributed by atoms with Gasteiger partial charge in [-0.3, -0.25) is 14.7 Å². The number of hydrogen-bond acceptors (Lipinski definition) is 6. The van der Waals surface area contributed by atoms with Gasteiger partial charge in [0.2, 0.25) is 15.9 Å². The van der Waals surface area contributed by atoms with Gasteiger partial charge in [-0.25, -0.2) is 8.42 Å². The molecule has 0 unspecified atom stereocenters. The van der Waals surface area contributed by atoms with Crippen LogP contribution in [0.1, 0.15) is 12.0 Å². The molecule has 34 heavy (non-hydrogen) atoms. The van der Waals surface area contributed by atoms with Crippen molar-refractivity contribution in [3.63, 3.8) is 0 Å². The zero-order chi connectivity index (χ0) is 24.1. The number of sulfonamides is 1. The average molecular weight is 478 g/mol. The van der Waals surface area contributed by atoms with E-state index in [0.717, 1.165) is 16.6 Å². The number of fused-ring (bicyclic) bond motifs is 1. The van der Waals surface area contributed by atoms with E-state index >= 15 is 0 Å². The maximum absolute atomic E-state index is 13.4. The largest absolute Gasteiger partial charge is 0.310 e. The minimum atomic E-state index is -3.71. The third kappa shape index (κ3) is 5.09. The molecule has 1 aliphatic heterocycles. The first-order chi connectivity index (χ1) is 16.4. The van der Waals surface area contributed by atoms with Gasteiger partial charge >= 0.3 is 0 Å². The monoisotopic (exact) mass is 477 g/mol. The van der Waals surface area contributed by atoms with Crippen molar-refractivity contribution in [1.29, 1.82) is 5.26 Å². The van der Waals surface area contributed by atoms with Crippen LogP contribution in [0.15, 0.2) is 65.7 Å². The molecule has 0 spiro atoms. The van der Waals surface area contributed by atoms with Crippen LogP contribution in [0.2, 0.25) is 0 Å². The van der Waals surface area contributed by atoms with Crippen LogP contribution in [0.25, 0.3) is 10.9 Å². The Balaban J connectivity index is 1.44. The Morgan fingerprint density at radius 2 is 1.82 bits per heavy atom. The maximum atomic E-state index is 13.4. The fraction of sp³-hybridized carbons (Fsp3) is 0.320. The molecule has 0 atom stereocenters. The van der Waals surface area contributed by atoms with Crippen LogP contribution >= 0.6 is 0 Å². The highest BCUT2D eigenvalue weighted by atomic mass is 32.2. The molecule has 1 fully saturated rings. The number of piperazine rings is 1. The number of carbonyl (C=O) groups is 1. The van der Waals surface area contributed by atoms with Gasteiger partial charge in [0.25, 0.3) is 0 Å². The van der Waals surface area contributed by atoms with Crippen molar-refractivity contribution in [2.45, 2.75) is 18.2 Å². The number of hydrogen-bond donors (Lipinski definition) is 0. The van der Waals surface area contributed by atoms with Crippen molar-refractivity contribution < 1.29 is 13.2 Å². The Morgan fingerprint density at radius 1 is 1.09 bits per heavy atom. The lowest BCUT2D eigenvalue weighted by molar-refractivity contribution is -0.120. The molecule has 9 heteroatoms. The van der Waals surface area contributed by atoms with E-state index in [0.29, 0.717) is 38.2 Å². The predicted molar refractivity (Wildman–Crippen MR) is 131 cm³/mol. The molecular weight excluding hydrogens is 450 g/mol. The number of pyridine rings is 1. The summed E-state index contributed by atoms with van der Waals surface area (Å²) >= 11 is 0. The van der Waals surface area contributed by atoms with Gasteiger partial charge in [0.05, 0.1) is 24.6 Å². The van der Waals surface area contributed by atoms with E-state index in [2.05, 4.69) is 11.1 Å². The summed E-state index contributed by atoms with van der Waals surface area (Å²) in [5.74, 6) is -0.105. The average Bonchev–Trinajstić information content (AvgIpc) is 2.84. The predicted octanol–water partition coefficient (Wildman–Crippen LogP) is 2.80. The van der Waals surface area contributed by atoms with Crippen molar-refractivity contribution in [1.82, 2.24) is 14.2 Å². The molecule has 8 nitrogen and oxygen atoms in total. The third-order valence-corrected chi connectivity index (χ3v) is 7.86. The molecule has 1 amide bonds. The fourth-order valence-electron chi connectivity index (χ4n) is 4.16. The normalized spacial score (nSPS) is 15.2. The molecule has 1 aromatic heterocycles. The number of benzene rings is 2. The number of amides is 1. The number of nitrogens with zero attached hydrogens (tertiary/aromatic N) is 5. The lowest BCUT2D eigenvalue weighted by Gasteiger charge is -2.34. The van der Waals surface area contributed by atoms with Crippen LogP contribution in [0.3, 0.4) is 0 Å². The van der Waals surface area contributed by atoms with Crippen LogP contribution in [-0.4, -0.2) is 67.8 Å². The van der Waals surface area contributed by atoms with Crippen LogP contribution in [-0.2, 0) is 14.8 Å². The van der Waals surface area contributed by atoms with Crippen LogP contribution in [0, 0.1) is 18.3 Å². The van der Waals surface area contributed by atoms with Gasteiger partial charge < -0.3 is 4.90 Å². The van der Waals surface area contributed by atoms with Gasteiger partial charge in [-0.15, -0.1) is 0 Å². The molecule has 2 aromatic carbocycles. The summed E-state index contributed by atoms with van der Waals surface area (Å²) in [6, 6.07) is 18.5. The van der Waals surface area contributed by atoms with E-state index in [9.17, 15) is 13.2 Å². The van der Waals surface area contributed by atoms with Gasteiger partial charge in [-0.05, 0) is 36.8 Å². The molecule has 0 radical (unpaired) electrons. The third-order valence-electron chi connectivity index (χ3n) is 5.93. The Morgan fingerprint density at radius 3 is 2.53 bits per heavy atom. The smallest absolute Gasteiger partial charge is 0.245 e. The van der Waals surface area contributed by atoms with Crippen molar-refractivity contribution in [2.75, 3.05) is 44.2 Å². The number of rotatable bonds is 7. The van der Waals surface area contributed by atoms with Crippen molar-refractivity contribution in [3.05, 3.63) is 66.4 Å². The number of nitriles is 1. The lowest BCUT2D eigenvalue weighted by Crippen LogP contribution is -2.51. The molecule has 1 saturated heterocycles. The van der Waals surface area contributed by atoms with E-state index in [1.807, 2.05) is 54.3 Å². The second kappa shape index (κ2) is 10.3. The van der Waals surface area contributed by atoms with Crippen molar-refractivity contribution in [2.24, 2.45) is 0 Å². The van der Waals surface area contributed by atoms with E-state index in [1.165, 1.54) is 4.31 Å². The molecule has 4 rings (SSSR count). The summed E-state index contributed by atoms with van der Waals surface area (Å²) in [7, 11) is -3.71. The zero-order valence-electron chi connectivity index (χ0n) is 19.1. The Kier molecular flexibility index (Phi) is 7.22. The first-order valence-corrected chi connectivity index (χ1v) is 12.6. The number of anilines is 1. The molecule has 3 aromatic rings. The van der Waals surface area contributed by atoms with E-state index in [-0.39, 0.29) is 23.8 Å². The van der Waals surface area contributed by atoms with Crippen molar-refractivity contribution in [3.8, 4) is 6.07 Å². The summed E-state index contributed by atoms with van der Waals surface area (Å²) in [6.45, 7) is 3.90. The zero-order valence-corrected chi connectivity index (χ0v) is 19.9. The number of carbonyl (C=O) groups excluding carboxylic acids is 1. The molecule has 176 valence electrons. The Labute approximate surface area is 200 Å². The summed E-state index contributed by atoms with van der Waals surface area (Å²) in [4.78, 5) is 21.2. The molecule has 0 bridgehead atoms. The van der Waals surface area contributed by atoms with E-state index in [4.69, 9.17) is 5.26 Å². The van der Waals surface area contributed by atoms with Crippen LogP contribution in [0.5, 0.6) is 0 Å². The standard InChI is InChI=1S/C25H27N5O3S/c1-20-17-21-7-5-10-23(25(21)27-18-20)34(32,33)29-15-13-28(14-16-29)19-24(31)30(12-6-11-26)22-8-3-2-4-9-22/h2-5,7-10,17-18H,6,12-16,19H2,1H3. The molecule has 0 N–H and O–H groups in total. The minimum Gasteiger partial charge on any atom is -0.310 e. The Hall–Kier alpha value is -3.32. The Bertz CT molecular complexity index is 1310. The molecule has 0 saturated carbocycles. The number of para-hydroxylation sites is 2. The van der Waals surface area contributed by atoms with Gasteiger partial charge in [-0.2, -0.15) is 9.57 Å². The highest BCUT2D eigenvalue weighted by Crippen LogP contribution is 2.25. The second-order valence-corrected chi connectivity index (χ2v) is 10.2. The fourth-order valence-corrected chi connectivity index (χ4v) is 5.75. The van der Waals surface area contributed by atoms with Gasteiger partial charge in [0.15, 0.2) is 0 Å². The second-order valence-electron chi connectivity index (χ2n) is 8.31. The molecule has 1 aliphatic rings. The molecular formula is C25H27N5O3S. The number of aryl methyl sites for hydroxylation is 1. The first kappa shape index (κ1) is 23.8. The van der Waals surface area contributed by atoms with Gasteiger partial charge in [0, 0.05) is 50.0 Å². The van der Waals surface area contributed by atoms with Crippen LogP contribution < -0.4 is 4.90 Å². The highest BCUT2D eigenvalue weighted by Gasteiger charge is 2.31. The van der Waals surface area contributed by atoms with Gasteiger partial charge in [-0.1, -0.05) is 30.3 Å². The van der Waals surface area contributed by atoms with Crippen molar-refractivity contribution >= 4 is 32.5 Å². The minimum absolute atomic E-state index is 0.105. The maximum Gasteiger partial charge on any atom is 0.245 e. The summed E-state index contributed by atoms with van der Waals surface area (Å²) in [6.07, 6.45) is 1.92. The lowest BCUT2D eigenvalue weighted by atomic mass is 10.2. The molecule has 0 aliphatic carbocycles. The van der Waals surface area contributed by atoms with Crippen LogP contribution in [0.4, 0.5) is 5.69 Å². The van der Waals surface area contributed by atoms with E-state index < -0.39 is 10.0 Å². The molecule has 2 heterocycles. The first-order valence-electron chi connectivity index (χ1n) is 11.2. The van der Waals surface area contributed by atoms with E-state index in [1.54, 1.807) is 23.2 Å². The summed E-state index contributed by atoms with van der Waals surface area (Å²) in [5.41, 5.74) is 2.20. The topological polar surface area (TPSA) is 97.6 Å².